The van der Waals surface area contributed by atoms with E-state index in [2.05, 4.69) is 0 Å². The van der Waals surface area contributed by atoms with Crippen LogP contribution in [-0.2, 0) is 11.2 Å². The van der Waals surface area contributed by atoms with Gasteiger partial charge in [-0.15, -0.1) is 0 Å². The van der Waals surface area contributed by atoms with Gasteiger partial charge < -0.3 is 10.6 Å². The van der Waals surface area contributed by atoms with Crippen LogP contribution < -0.4 is 5.73 Å². The summed E-state index contributed by atoms with van der Waals surface area (Å²) in [6.07, 6.45) is 4.32. The normalized spacial score (nSPS) is 20.1. The molecule has 1 aliphatic rings. The topological polar surface area (TPSA) is 46.3 Å². The second-order valence-electron chi connectivity index (χ2n) is 5.56. The molecule has 0 radical (unpaired) electrons. The largest absolute Gasteiger partial charge is 0.338 e. The molecule has 1 aliphatic heterocycles. The third kappa shape index (κ3) is 3.57. The lowest BCUT2D eigenvalue weighted by Gasteiger charge is -2.27. The molecule has 1 aromatic rings. The highest BCUT2D eigenvalue weighted by molar-refractivity contribution is 5.82. The van der Waals surface area contributed by atoms with Crippen molar-refractivity contribution >= 4 is 5.91 Å². The van der Waals surface area contributed by atoms with E-state index in [1.54, 1.807) is 12.1 Å². The second kappa shape index (κ2) is 6.84. The number of benzene rings is 1. The Kier molecular flexibility index (Phi) is 5.12. The summed E-state index contributed by atoms with van der Waals surface area (Å²) in [5, 5.41) is 0. The number of likely N-dealkylation sites (tertiary alicyclic amines) is 1. The smallest absolute Gasteiger partial charge is 0.239 e. The Morgan fingerprint density at radius 3 is 3.05 bits per heavy atom. The molecule has 0 bridgehead atoms. The number of nitrogens with zero attached hydrogens (tertiary/aromatic N) is 1. The molecule has 3 nitrogen and oxygen atoms in total. The Morgan fingerprint density at radius 2 is 2.35 bits per heavy atom. The van der Waals surface area contributed by atoms with Crippen LogP contribution >= 0.6 is 0 Å². The van der Waals surface area contributed by atoms with E-state index in [4.69, 9.17) is 5.73 Å². The summed E-state index contributed by atoms with van der Waals surface area (Å²) >= 11 is 0. The van der Waals surface area contributed by atoms with Crippen LogP contribution in [0.5, 0.6) is 0 Å². The first kappa shape index (κ1) is 15.0. The summed E-state index contributed by atoms with van der Waals surface area (Å²) in [5.41, 5.74) is 6.88. The molecule has 0 spiro atoms. The van der Waals surface area contributed by atoms with Crippen molar-refractivity contribution in [2.75, 3.05) is 6.54 Å². The van der Waals surface area contributed by atoms with Crippen LogP contribution in [0, 0.1) is 5.82 Å². The first-order chi connectivity index (χ1) is 9.61. The van der Waals surface area contributed by atoms with Gasteiger partial charge in [-0.25, -0.2) is 4.39 Å². The number of carbonyl (C=O) groups excluding carboxylic acids is 1. The number of rotatable bonds is 5. The molecule has 4 heteroatoms. The standard InChI is InChI=1S/C16H23FN2O/c1-2-5-15(18)16(20)19-9-4-8-14(19)11-12-6-3-7-13(17)10-12/h3,6-7,10,14-15H,2,4-5,8-9,11,18H2,1H3. The fourth-order valence-corrected chi connectivity index (χ4v) is 2.92. The van der Waals surface area contributed by atoms with Crippen LogP contribution in [0.3, 0.4) is 0 Å². The van der Waals surface area contributed by atoms with Gasteiger partial charge in [0.1, 0.15) is 5.82 Å². The van der Waals surface area contributed by atoms with E-state index < -0.39 is 6.04 Å². The average Bonchev–Trinajstić information content (AvgIpc) is 2.86. The Balaban J connectivity index is 2.02. The van der Waals surface area contributed by atoms with Crippen LogP contribution in [0.4, 0.5) is 4.39 Å². The van der Waals surface area contributed by atoms with Crippen LogP contribution in [-0.4, -0.2) is 29.4 Å². The molecular weight excluding hydrogens is 255 g/mol. The Bertz CT molecular complexity index is 464. The summed E-state index contributed by atoms with van der Waals surface area (Å²) in [5.74, 6) is -0.174. The summed E-state index contributed by atoms with van der Waals surface area (Å²) in [4.78, 5) is 14.2. The molecule has 1 amide bonds. The van der Waals surface area contributed by atoms with Crippen molar-refractivity contribution < 1.29 is 9.18 Å². The maximum atomic E-state index is 13.2. The molecule has 0 saturated carbocycles. The molecule has 0 aromatic heterocycles. The summed E-state index contributed by atoms with van der Waals surface area (Å²) in [6.45, 7) is 2.80. The van der Waals surface area contributed by atoms with Gasteiger partial charge in [-0.3, -0.25) is 4.79 Å². The van der Waals surface area contributed by atoms with E-state index in [1.165, 1.54) is 6.07 Å². The molecule has 2 rings (SSSR count). The highest BCUT2D eigenvalue weighted by atomic mass is 19.1. The Morgan fingerprint density at radius 1 is 1.55 bits per heavy atom. The van der Waals surface area contributed by atoms with Gasteiger partial charge in [0.25, 0.3) is 0 Å². The van der Waals surface area contributed by atoms with Crippen LogP contribution in [0.2, 0.25) is 0 Å². The van der Waals surface area contributed by atoms with Crippen LogP contribution in [0.15, 0.2) is 24.3 Å². The van der Waals surface area contributed by atoms with Crippen molar-refractivity contribution in [1.82, 2.24) is 4.90 Å². The summed E-state index contributed by atoms with van der Waals surface area (Å²) in [7, 11) is 0. The first-order valence-electron chi connectivity index (χ1n) is 7.42. The lowest BCUT2D eigenvalue weighted by Crippen LogP contribution is -2.46. The first-order valence-corrected chi connectivity index (χ1v) is 7.42. The number of amides is 1. The van der Waals surface area contributed by atoms with Gasteiger partial charge in [-0.05, 0) is 43.4 Å². The van der Waals surface area contributed by atoms with Gasteiger partial charge in [-0.2, -0.15) is 0 Å². The van der Waals surface area contributed by atoms with Gasteiger partial charge in [-0.1, -0.05) is 25.5 Å². The van der Waals surface area contributed by atoms with Gasteiger partial charge in [0, 0.05) is 12.6 Å². The lowest BCUT2D eigenvalue weighted by molar-refractivity contribution is -0.133. The fraction of sp³-hybridized carbons (Fsp3) is 0.562. The van der Waals surface area contributed by atoms with Gasteiger partial charge in [0.2, 0.25) is 5.91 Å². The number of carbonyl (C=O) groups is 1. The number of nitrogens with two attached hydrogens (primary N) is 1. The molecule has 1 saturated heterocycles. The van der Waals surface area contributed by atoms with E-state index in [-0.39, 0.29) is 17.8 Å². The highest BCUT2D eigenvalue weighted by Gasteiger charge is 2.31. The molecule has 1 fully saturated rings. The molecule has 2 N–H and O–H groups in total. The molecule has 110 valence electrons. The second-order valence-corrected chi connectivity index (χ2v) is 5.56. The fourth-order valence-electron chi connectivity index (χ4n) is 2.92. The zero-order valence-electron chi connectivity index (χ0n) is 12.0. The number of hydrogen-bond acceptors (Lipinski definition) is 2. The number of halogens is 1. The Labute approximate surface area is 120 Å². The molecular formula is C16H23FN2O. The van der Waals surface area contributed by atoms with Crippen molar-refractivity contribution in [2.45, 2.75) is 51.1 Å². The predicted molar refractivity (Wildman–Crippen MR) is 77.7 cm³/mol. The van der Waals surface area contributed by atoms with Gasteiger partial charge in [0.05, 0.1) is 6.04 Å². The third-order valence-electron chi connectivity index (χ3n) is 3.94. The lowest BCUT2D eigenvalue weighted by atomic mass is 10.0. The Hall–Kier alpha value is -1.42. The molecule has 1 heterocycles. The van der Waals surface area contributed by atoms with Crippen molar-refractivity contribution in [2.24, 2.45) is 5.73 Å². The monoisotopic (exact) mass is 278 g/mol. The van der Waals surface area contributed by atoms with E-state index >= 15 is 0 Å². The van der Waals surface area contributed by atoms with Crippen molar-refractivity contribution in [3.8, 4) is 0 Å². The maximum absolute atomic E-state index is 13.2. The van der Waals surface area contributed by atoms with E-state index in [0.29, 0.717) is 6.42 Å². The van der Waals surface area contributed by atoms with E-state index in [1.807, 2.05) is 17.9 Å². The minimum Gasteiger partial charge on any atom is -0.338 e. The van der Waals surface area contributed by atoms with E-state index in [0.717, 1.165) is 37.8 Å². The van der Waals surface area contributed by atoms with E-state index in [9.17, 15) is 9.18 Å². The SMILES string of the molecule is CCCC(N)C(=O)N1CCCC1Cc1cccc(F)c1. The van der Waals surface area contributed by atoms with Gasteiger partial charge in [0.15, 0.2) is 0 Å². The summed E-state index contributed by atoms with van der Waals surface area (Å²) in [6, 6.07) is 6.39. The van der Waals surface area contributed by atoms with Crippen molar-refractivity contribution in [3.63, 3.8) is 0 Å². The molecule has 20 heavy (non-hydrogen) atoms. The van der Waals surface area contributed by atoms with Crippen molar-refractivity contribution in [3.05, 3.63) is 35.6 Å². The minimum atomic E-state index is -0.395. The predicted octanol–water partition coefficient (Wildman–Crippen LogP) is 2.49. The van der Waals surface area contributed by atoms with Gasteiger partial charge >= 0.3 is 0 Å². The zero-order chi connectivity index (χ0) is 14.5. The minimum absolute atomic E-state index is 0.0470. The average molecular weight is 278 g/mol. The zero-order valence-corrected chi connectivity index (χ0v) is 12.0. The summed E-state index contributed by atoms with van der Waals surface area (Å²) < 4.78 is 13.2. The molecule has 2 atom stereocenters. The quantitative estimate of drug-likeness (QED) is 0.899. The van der Waals surface area contributed by atoms with Crippen LogP contribution in [0.1, 0.15) is 38.2 Å². The highest BCUT2D eigenvalue weighted by Crippen LogP contribution is 2.22. The van der Waals surface area contributed by atoms with Crippen LogP contribution in [0.25, 0.3) is 0 Å². The maximum Gasteiger partial charge on any atom is 0.239 e. The third-order valence-corrected chi connectivity index (χ3v) is 3.94. The van der Waals surface area contributed by atoms with Crippen molar-refractivity contribution in [1.29, 1.82) is 0 Å². The molecule has 2 unspecified atom stereocenters. The molecule has 0 aliphatic carbocycles. The molecule has 1 aromatic carbocycles. The number of hydrogen-bond donors (Lipinski definition) is 1.